The fourth-order valence-corrected chi connectivity index (χ4v) is 3.62. The van der Waals surface area contributed by atoms with Gasteiger partial charge >= 0.3 is 5.91 Å². The summed E-state index contributed by atoms with van der Waals surface area (Å²) in [5, 5.41) is 0. The quantitative estimate of drug-likeness (QED) is 0.650. The summed E-state index contributed by atoms with van der Waals surface area (Å²) in [5.41, 5.74) is 2.97. The Labute approximate surface area is 158 Å². The molecule has 1 atom stereocenters. The molecule has 5 heteroatoms. The van der Waals surface area contributed by atoms with Crippen molar-refractivity contribution < 1.29 is 14.3 Å². The molecule has 3 aromatic rings. The van der Waals surface area contributed by atoms with Gasteiger partial charge < -0.3 is 9.47 Å². The van der Waals surface area contributed by atoms with E-state index in [2.05, 4.69) is 4.98 Å². The normalized spacial score (nSPS) is 18.5. The van der Waals surface area contributed by atoms with Crippen molar-refractivity contribution in [3.63, 3.8) is 0 Å². The van der Waals surface area contributed by atoms with E-state index in [1.54, 1.807) is 19.5 Å². The SMILES string of the molecule is COc1cccc(C[N+]2(Cc3ccncc3)C(=O)COc3ccccc32)c1. The Morgan fingerprint density at radius 2 is 1.78 bits per heavy atom. The van der Waals surface area contributed by atoms with Crippen LogP contribution in [0.25, 0.3) is 0 Å². The maximum Gasteiger partial charge on any atom is 0.357 e. The van der Waals surface area contributed by atoms with E-state index in [4.69, 9.17) is 9.47 Å². The number of para-hydroxylation sites is 2. The molecule has 1 aliphatic rings. The molecule has 2 heterocycles. The van der Waals surface area contributed by atoms with Crippen molar-refractivity contribution in [2.45, 2.75) is 13.1 Å². The molecule has 0 fully saturated rings. The minimum atomic E-state index is 0.0355. The molecule has 1 aliphatic heterocycles. The van der Waals surface area contributed by atoms with Crippen LogP contribution in [0.15, 0.2) is 73.1 Å². The molecule has 0 aliphatic carbocycles. The summed E-state index contributed by atoms with van der Waals surface area (Å²) < 4.78 is 11.2. The van der Waals surface area contributed by atoms with E-state index < -0.39 is 0 Å². The van der Waals surface area contributed by atoms with Crippen molar-refractivity contribution in [2.24, 2.45) is 0 Å². The fraction of sp³-hybridized carbons (Fsp3) is 0.182. The van der Waals surface area contributed by atoms with Gasteiger partial charge in [-0.2, -0.15) is 0 Å². The van der Waals surface area contributed by atoms with Gasteiger partial charge in [0, 0.05) is 29.6 Å². The van der Waals surface area contributed by atoms with Crippen molar-refractivity contribution in [2.75, 3.05) is 13.7 Å². The standard InChI is InChI=1S/C22H21N2O3/c1-26-19-6-4-5-18(13-19)15-24(14-17-9-11-23-12-10-17)20-7-2-3-8-21(20)27-16-22(24)25/h2-13H,14-16H2,1H3/q+1. The third-order valence-electron chi connectivity index (χ3n) is 4.94. The zero-order chi connectivity index (χ0) is 18.7. The van der Waals surface area contributed by atoms with Gasteiger partial charge in [-0.25, -0.2) is 9.28 Å². The second-order valence-corrected chi connectivity index (χ2v) is 6.64. The van der Waals surface area contributed by atoms with E-state index in [0.717, 1.165) is 28.3 Å². The maximum atomic E-state index is 13.2. The van der Waals surface area contributed by atoms with Gasteiger partial charge in [0.1, 0.15) is 18.8 Å². The topological polar surface area (TPSA) is 48.4 Å². The van der Waals surface area contributed by atoms with Gasteiger partial charge in [-0.3, -0.25) is 4.98 Å². The molecule has 0 radical (unpaired) electrons. The smallest absolute Gasteiger partial charge is 0.357 e. The first kappa shape index (κ1) is 17.2. The van der Waals surface area contributed by atoms with Gasteiger partial charge in [-0.1, -0.05) is 24.3 Å². The predicted molar refractivity (Wildman–Crippen MR) is 103 cm³/mol. The lowest BCUT2D eigenvalue weighted by Crippen LogP contribution is -2.57. The summed E-state index contributed by atoms with van der Waals surface area (Å²) in [6.07, 6.45) is 3.52. The predicted octanol–water partition coefficient (Wildman–Crippen LogP) is 3.72. The molecule has 4 rings (SSSR count). The van der Waals surface area contributed by atoms with E-state index in [0.29, 0.717) is 13.1 Å². The van der Waals surface area contributed by atoms with E-state index in [9.17, 15) is 4.79 Å². The van der Waals surface area contributed by atoms with Crippen LogP contribution in [0.4, 0.5) is 5.69 Å². The first-order valence-corrected chi connectivity index (χ1v) is 8.86. The molecular formula is C22H21N2O3+. The van der Waals surface area contributed by atoms with Crippen molar-refractivity contribution in [1.82, 2.24) is 9.47 Å². The third-order valence-corrected chi connectivity index (χ3v) is 4.94. The van der Waals surface area contributed by atoms with Crippen molar-refractivity contribution in [3.05, 3.63) is 84.2 Å². The van der Waals surface area contributed by atoms with Crippen molar-refractivity contribution in [1.29, 1.82) is 0 Å². The number of ether oxygens (including phenoxy) is 2. The highest BCUT2D eigenvalue weighted by molar-refractivity contribution is 5.93. The average molecular weight is 361 g/mol. The molecule has 0 spiro atoms. The minimum Gasteiger partial charge on any atom is -0.497 e. The summed E-state index contributed by atoms with van der Waals surface area (Å²) in [5.74, 6) is 1.57. The number of methoxy groups -OCH3 is 1. The Morgan fingerprint density at radius 3 is 2.59 bits per heavy atom. The van der Waals surface area contributed by atoms with E-state index in [1.165, 1.54) is 0 Å². The molecule has 136 valence electrons. The van der Waals surface area contributed by atoms with Crippen molar-refractivity contribution in [3.8, 4) is 11.5 Å². The molecule has 2 aromatic carbocycles. The molecule has 1 amide bonds. The van der Waals surface area contributed by atoms with Crippen LogP contribution in [0.3, 0.4) is 0 Å². The third kappa shape index (κ3) is 3.29. The van der Waals surface area contributed by atoms with Gasteiger partial charge in [-0.05, 0) is 30.3 Å². The second kappa shape index (κ2) is 7.21. The zero-order valence-electron chi connectivity index (χ0n) is 15.2. The molecule has 5 nitrogen and oxygen atoms in total. The molecular weight excluding hydrogens is 340 g/mol. The monoisotopic (exact) mass is 361 g/mol. The van der Waals surface area contributed by atoms with Crippen LogP contribution in [-0.4, -0.2) is 24.6 Å². The number of carbonyl (C=O) groups excluding carboxylic acids is 1. The summed E-state index contributed by atoms with van der Waals surface area (Å²) >= 11 is 0. The Bertz CT molecular complexity index is 959. The Kier molecular flexibility index (Phi) is 4.60. The zero-order valence-corrected chi connectivity index (χ0v) is 15.2. The van der Waals surface area contributed by atoms with Gasteiger partial charge in [0.25, 0.3) is 0 Å². The van der Waals surface area contributed by atoms with Crippen LogP contribution in [0.1, 0.15) is 11.1 Å². The second-order valence-electron chi connectivity index (χ2n) is 6.64. The van der Waals surface area contributed by atoms with Gasteiger partial charge in [0.15, 0.2) is 11.4 Å². The number of rotatable bonds is 5. The first-order chi connectivity index (χ1) is 13.2. The van der Waals surface area contributed by atoms with Crippen LogP contribution >= 0.6 is 0 Å². The molecule has 1 unspecified atom stereocenters. The highest BCUT2D eigenvalue weighted by atomic mass is 16.5. The minimum absolute atomic E-state index is 0.0355. The van der Waals surface area contributed by atoms with Gasteiger partial charge in [-0.15, -0.1) is 0 Å². The Balaban J connectivity index is 1.84. The van der Waals surface area contributed by atoms with Crippen LogP contribution in [0.5, 0.6) is 11.5 Å². The van der Waals surface area contributed by atoms with Crippen LogP contribution in [0, 0.1) is 0 Å². The van der Waals surface area contributed by atoms with Crippen LogP contribution < -0.4 is 14.0 Å². The molecule has 27 heavy (non-hydrogen) atoms. The number of hydrogen-bond acceptors (Lipinski definition) is 4. The largest absolute Gasteiger partial charge is 0.497 e. The Hall–Kier alpha value is -3.18. The van der Waals surface area contributed by atoms with Crippen LogP contribution in [-0.2, 0) is 17.9 Å². The van der Waals surface area contributed by atoms with E-state index in [-0.39, 0.29) is 17.0 Å². The lowest BCUT2D eigenvalue weighted by molar-refractivity contribution is -0.135. The molecule has 0 saturated carbocycles. The number of aromatic nitrogens is 1. The molecule has 0 bridgehead atoms. The molecule has 0 saturated heterocycles. The number of quaternary nitrogens is 1. The average Bonchev–Trinajstić information content (AvgIpc) is 2.72. The summed E-state index contributed by atoms with van der Waals surface area (Å²) in [7, 11) is 1.65. The maximum absolute atomic E-state index is 13.2. The number of fused-ring (bicyclic) bond motifs is 1. The number of carbonyl (C=O) groups is 1. The van der Waals surface area contributed by atoms with Crippen molar-refractivity contribution >= 4 is 11.6 Å². The lowest BCUT2D eigenvalue weighted by Gasteiger charge is -2.39. The number of hydrogen-bond donors (Lipinski definition) is 0. The van der Waals surface area contributed by atoms with Gasteiger partial charge in [0.05, 0.1) is 7.11 Å². The highest BCUT2D eigenvalue weighted by Gasteiger charge is 2.45. The first-order valence-electron chi connectivity index (χ1n) is 8.86. The number of pyridine rings is 1. The molecule has 1 aromatic heterocycles. The van der Waals surface area contributed by atoms with Crippen LogP contribution in [0.2, 0.25) is 0 Å². The summed E-state index contributed by atoms with van der Waals surface area (Å²) in [6.45, 7) is 1.13. The van der Waals surface area contributed by atoms with E-state index in [1.807, 2.05) is 60.7 Å². The Morgan fingerprint density at radius 1 is 1.00 bits per heavy atom. The van der Waals surface area contributed by atoms with E-state index >= 15 is 0 Å². The number of amides is 1. The lowest BCUT2D eigenvalue weighted by atomic mass is 10.1. The number of nitrogens with zero attached hydrogens (tertiary/aromatic N) is 2. The summed E-state index contributed by atoms with van der Waals surface area (Å²) in [4.78, 5) is 17.3. The van der Waals surface area contributed by atoms with Gasteiger partial charge in [0.2, 0.25) is 6.61 Å². The number of benzene rings is 2. The summed E-state index contributed by atoms with van der Waals surface area (Å²) in [6, 6.07) is 19.6. The highest BCUT2D eigenvalue weighted by Crippen LogP contribution is 2.40. The fourth-order valence-electron chi connectivity index (χ4n) is 3.62. The molecule has 0 N–H and O–H groups in total.